The van der Waals surface area contributed by atoms with Gasteiger partial charge in [0.1, 0.15) is 5.82 Å². The van der Waals surface area contributed by atoms with E-state index in [4.69, 9.17) is 5.53 Å². The zero-order chi connectivity index (χ0) is 9.52. The van der Waals surface area contributed by atoms with E-state index >= 15 is 0 Å². The van der Waals surface area contributed by atoms with Gasteiger partial charge in [0.05, 0.1) is 12.1 Å². The number of azide groups is 1. The summed E-state index contributed by atoms with van der Waals surface area (Å²) in [4.78, 5) is 10.5. The van der Waals surface area contributed by atoms with Crippen molar-refractivity contribution in [2.45, 2.75) is 6.92 Å². The summed E-state index contributed by atoms with van der Waals surface area (Å²) in [5.74, 6) is 6.15. The maximum Gasteiger partial charge on any atom is 0.125 e. The van der Waals surface area contributed by atoms with Crippen LogP contribution in [-0.2, 0) is 0 Å². The SMILES string of the molecule is Cc1ncc(C#CCN=[N+]=[N-])cn1. The first-order valence-electron chi connectivity index (χ1n) is 3.61. The second-order valence-corrected chi connectivity index (χ2v) is 2.21. The van der Waals surface area contributed by atoms with E-state index in [9.17, 15) is 0 Å². The molecule has 0 amide bonds. The van der Waals surface area contributed by atoms with E-state index in [1.54, 1.807) is 19.3 Å². The third-order valence-corrected chi connectivity index (χ3v) is 1.23. The molecule has 0 aliphatic heterocycles. The van der Waals surface area contributed by atoms with Gasteiger partial charge in [-0.2, -0.15) is 0 Å². The molecule has 1 heterocycles. The van der Waals surface area contributed by atoms with Gasteiger partial charge in [0.15, 0.2) is 0 Å². The molecule has 5 nitrogen and oxygen atoms in total. The number of aryl methyl sites for hydroxylation is 1. The lowest BCUT2D eigenvalue weighted by Gasteiger charge is -1.89. The third kappa shape index (κ3) is 3.23. The highest BCUT2D eigenvalue weighted by atomic mass is 15.1. The lowest BCUT2D eigenvalue weighted by atomic mass is 10.3. The zero-order valence-corrected chi connectivity index (χ0v) is 7.10. The van der Waals surface area contributed by atoms with Gasteiger partial charge < -0.3 is 0 Å². The topological polar surface area (TPSA) is 74.5 Å². The Hall–Kier alpha value is -2.05. The van der Waals surface area contributed by atoms with Crippen LogP contribution in [0.5, 0.6) is 0 Å². The number of aromatic nitrogens is 2. The zero-order valence-electron chi connectivity index (χ0n) is 7.10. The van der Waals surface area contributed by atoms with E-state index in [1.165, 1.54) is 0 Å². The normalized spacial score (nSPS) is 8.08. The van der Waals surface area contributed by atoms with Crippen LogP contribution in [0.15, 0.2) is 17.5 Å². The van der Waals surface area contributed by atoms with Crippen molar-refractivity contribution in [3.05, 3.63) is 34.2 Å². The number of rotatable bonds is 1. The maximum atomic E-state index is 7.97. The average molecular weight is 173 g/mol. The fraction of sp³-hybridized carbons (Fsp3) is 0.250. The fourth-order valence-corrected chi connectivity index (χ4v) is 0.666. The van der Waals surface area contributed by atoms with E-state index in [-0.39, 0.29) is 6.54 Å². The molecule has 0 radical (unpaired) electrons. The van der Waals surface area contributed by atoms with Crippen molar-refractivity contribution in [2.24, 2.45) is 5.11 Å². The molecule has 0 aliphatic rings. The molecule has 0 bridgehead atoms. The van der Waals surface area contributed by atoms with Gasteiger partial charge in [-0.1, -0.05) is 17.0 Å². The van der Waals surface area contributed by atoms with E-state index in [0.29, 0.717) is 5.82 Å². The van der Waals surface area contributed by atoms with Gasteiger partial charge in [-0.3, -0.25) is 0 Å². The quantitative estimate of drug-likeness (QED) is 0.279. The largest absolute Gasteiger partial charge is 0.240 e. The van der Waals surface area contributed by atoms with Crippen molar-refractivity contribution >= 4 is 0 Å². The molecule has 64 valence electrons. The molecule has 0 unspecified atom stereocenters. The first-order valence-corrected chi connectivity index (χ1v) is 3.61. The molecule has 0 aromatic carbocycles. The summed E-state index contributed by atoms with van der Waals surface area (Å²) >= 11 is 0. The Bertz CT molecular complexity index is 377. The lowest BCUT2D eigenvalue weighted by Crippen LogP contribution is -1.86. The standard InChI is InChI=1S/C8H7N5/c1-7-10-5-8(6-11-7)3-2-4-12-13-9/h5-6H,4H2,1H3. The maximum absolute atomic E-state index is 7.97. The van der Waals surface area contributed by atoms with Crippen LogP contribution in [0.2, 0.25) is 0 Å². The molecule has 0 spiro atoms. The van der Waals surface area contributed by atoms with Gasteiger partial charge in [0.25, 0.3) is 0 Å². The molecular formula is C8H7N5. The van der Waals surface area contributed by atoms with Gasteiger partial charge in [0, 0.05) is 17.3 Å². The van der Waals surface area contributed by atoms with Crippen molar-refractivity contribution in [3.63, 3.8) is 0 Å². The Balaban J connectivity index is 2.66. The second-order valence-electron chi connectivity index (χ2n) is 2.21. The van der Waals surface area contributed by atoms with Crippen molar-refractivity contribution in [3.8, 4) is 11.8 Å². The summed E-state index contributed by atoms with van der Waals surface area (Å²) < 4.78 is 0. The summed E-state index contributed by atoms with van der Waals surface area (Å²) in [6.45, 7) is 1.97. The van der Waals surface area contributed by atoms with Crippen LogP contribution in [-0.4, -0.2) is 16.5 Å². The minimum Gasteiger partial charge on any atom is -0.240 e. The highest BCUT2D eigenvalue weighted by Crippen LogP contribution is 1.91. The van der Waals surface area contributed by atoms with Crippen LogP contribution in [0.25, 0.3) is 10.4 Å². The summed E-state index contributed by atoms with van der Waals surface area (Å²) in [5.41, 5.74) is 8.69. The van der Waals surface area contributed by atoms with E-state index < -0.39 is 0 Å². The van der Waals surface area contributed by atoms with Gasteiger partial charge in [-0.15, -0.1) is 0 Å². The van der Waals surface area contributed by atoms with Gasteiger partial charge >= 0.3 is 0 Å². The summed E-state index contributed by atoms with van der Waals surface area (Å²) in [6, 6.07) is 0. The van der Waals surface area contributed by atoms with Gasteiger partial charge in [-0.25, -0.2) is 9.97 Å². The second kappa shape index (κ2) is 4.75. The van der Waals surface area contributed by atoms with Crippen LogP contribution < -0.4 is 0 Å². The molecule has 0 saturated heterocycles. The Morgan fingerprint density at radius 3 is 2.85 bits per heavy atom. The van der Waals surface area contributed by atoms with Crippen molar-refractivity contribution in [2.75, 3.05) is 6.54 Å². The first-order chi connectivity index (χ1) is 6.33. The Morgan fingerprint density at radius 1 is 1.54 bits per heavy atom. The monoisotopic (exact) mass is 173 g/mol. The molecule has 0 fully saturated rings. The van der Waals surface area contributed by atoms with Crippen LogP contribution >= 0.6 is 0 Å². The Labute approximate surface area is 75.5 Å². The summed E-state index contributed by atoms with van der Waals surface area (Å²) in [6.07, 6.45) is 3.26. The molecule has 0 aliphatic carbocycles. The molecule has 0 N–H and O–H groups in total. The van der Waals surface area contributed by atoms with Crippen molar-refractivity contribution in [1.29, 1.82) is 0 Å². The van der Waals surface area contributed by atoms with Crippen LogP contribution in [0.3, 0.4) is 0 Å². The van der Waals surface area contributed by atoms with Crippen LogP contribution in [0.4, 0.5) is 0 Å². The highest BCUT2D eigenvalue weighted by Gasteiger charge is 1.86. The van der Waals surface area contributed by atoms with E-state index in [2.05, 4.69) is 31.8 Å². The number of nitrogens with zero attached hydrogens (tertiary/aromatic N) is 5. The average Bonchev–Trinajstić information content (AvgIpc) is 2.15. The fourth-order valence-electron chi connectivity index (χ4n) is 0.666. The highest BCUT2D eigenvalue weighted by molar-refractivity contribution is 5.29. The van der Waals surface area contributed by atoms with Crippen molar-refractivity contribution in [1.82, 2.24) is 9.97 Å². The number of hydrogen-bond acceptors (Lipinski definition) is 3. The van der Waals surface area contributed by atoms with Crippen LogP contribution in [0.1, 0.15) is 11.4 Å². The molecule has 1 aromatic rings. The molecule has 0 saturated carbocycles. The minimum absolute atomic E-state index is 0.171. The smallest absolute Gasteiger partial charge is 0.125 e. The lowest BCUT2D eigenvalue weighted by molar-refractivity contribution is 1.05. The van der Waals surface area contributed by atoms with Crippen molar-refractivity contribution < 1.29 is 0 Å². The molecular weight excluding hydrogens is 166 g/mol. The summed E-state index contributed by atoms with van der Waals surface area (Å²) in [5, 5.41) is 3.27. The molecule has 5 heteroatoms. The third-order valence-electron chi connectivity index (χ3n) is 1.23. The van der Waals surface area contributed by atoms with Crippen LogP contribution in [0, 0.1) is 18.8 Å². The molecule has 13 heavy (non-hydrogen) atoms. The first kappa shape index (κ1) is 9.04. The predicted octanol–water partition coefficient (Wildman–Crippen LogP) is 1.45. The molecule has 1 rings (SSSR count). The summed E-state index contributed by atoms with van der Waals surface area (Å²) in [7, 11) is 0. The molecule has 0 atom stereocenters. The Morgan fingerprint density at radius 2 is 2.23 bits per heavy atom. The van der Waals surface area contributed by atoms with E-state index in [0.717, 1.165) is 5.56 Å². The molecule has 1 aromatic heterocycles. The van der Waals surface area contributed by atoms with Gasteiger partial charge in [-0.05, 0) is 12.5 Å². The predicted molar refractivity (Wildman–Crippen MR) is 47.7 cm³/mol. The number of hydrogen-bond donors (Lipinski definition) is 0. The Kier molecular flexibility index (Phi) is 3.31. The van der Waals surface area contributed by atoms with E-state index in [1.807, 2.05) is 0 Å². The minimum atomic E-state index is 0.171. The van der Waals surface area contributed by atoms with Gasteiger partial charge in [0.2, 0.25) is 0 Å².